The van der Waals surface area contributed by atoms with E-state index in [-0.39, 0.29) is 22.9 Å². The lowest BCUT2D eigenvalue weighted by Gasteiger charge is -2.19. The summed E-state index contributed by atoms with van der Waals surface area (Å²) in [5, 5.41) is 6.23. The molecule has 0 saturated carbocycles. The Morgan fingerprint density at radius 1 is 1.44 bits per heavy atom. The van der Waals surface area contributed by atoms with Crippen LogP contribution in [-0.4, -0.2) is 18.0 Å². The summed E-state index contributed by atoms with van der Waals surface area (Å²) < 4.78 is 13.3. The normalized spacial score (nSPS) is 29.6. The second-order valence-electron chi connectivity index (χ2n) is 5.01. The molecule has 2 aliphatic heterocycles. The molecule has 2 aliphatic rings. The number of hydrogen-bond acceptors (Lipinski definition) is 2. The summed E-state index contributed by atoms with van der Waals surface area (Å²) in [7, 11) is 0. The highest BCUT2D eigenvalue weighted by molar-refractivity contribution is 6.30. The summed E-state index contributed by atoms with van der Waals surface area (Å²) >= 11 is 5.60. The van der Waals surface area contributed by atoms with Crippen molar-refractivity contribution in [3.63, 3.8) is 0 Å². The van der Waals surface area contributed by atoms with Gasteiger partial charge in [0.2, 0.25) is 5.91 Å². The fourth-order valence-electron chi connectivity index (χ4n) is 2.92. The van der Waals surface area contributed by atoms with Gasteiger partial charge < -0.3 is 10.6 Å². The van der Waals surface area contributed by atoms with Crippen LogP contribution in [-0.2, 0) is 4.79 Å². The highest BCUT2D eigenvalue weighted by atomic mass is 35.5. The van der Waals surface area contributed by atoms with Crippen LogP contribution in [0, 0.1) is 11.7 Å². The van der Waals surface area contributed by atoms with E-state index in [1.165, 1.54) is 12.1 Å². The van der Waals surface area contributed by atoms with E-state index in [4.69, 9.17) is 11.6 Å². The zero-order chi connectivity index (χ0) is 12.7. The molecule has 1 amide bonds. The van der Waals surface area contributed by atoms with E-state index in [0.717, 1.165) is 19.3 Å². The third-order valence-electron chi connectivity index (χ3n) is 3.82. The van der Waals surface area contributed by atoms with Crippen LogP contribution in [0.15, 0.2) is 18.2 Å². The molecule has 2 fully saturated rings. The van der Waals surface area contributed by atoms with Crippen molar-refractivity contribution in [1.82, 2.24) is 5.32 Å². The van der Waals surface area contributed by atoms with Gasteiger partial charge in [-0.15, -0.1) is 0 Å². The largest absolute Gasteiger partial charge is 0.326 e. The maximum atomic E-state index is 13.3. The Morgan fingerprint density at radius 3 is 2.89 bits per heavy atom. The fourth-order valence-corrected chi connectivity index (χ4v) is 3.04. The highest BCUT2D eigenvalue weighted by Crippen LogP contribution is 2.34. The molecule has 0 aromatic heterocycles. The predicted octanol–water partition coefficient (Wildman–Crippen LogP) is 2.56. The molecular formula is C13H14ClFN2O. The van der Waals surface area contributed by atoms with E-state index in [0.29, 0.717) is 11.7 Å². The van der Waals surface area contributed by atoms with Gasteiger partial charge in [0.1, 0.15) is 5.82 Å². The van der Waals surface area contributed by atoms with Gasteiger partial charge in [0.15, 0.2) is 0 Å². The van der Waals surface area contributed by atoms with Crippen LogP contribution in [0.5, 0.6) is 0 Å². The number of anilines is 1. The van der Waals surface area contributed by atoms with Gasteiger partial charge in [-0.2, -0.15) is 0 Å². The summed E-state index contributed by atoms with van der Waals surface area (Å²) in [6.07, 6.45) is 3.09. The summed E-state index contributed by atoms with van der Waals surface area (Å²) in [6.45, 7) is 0. The Hall–Kier alpha value is -1.13. The Labute approximate surface area is 110 Å². The number of carbonyl (C=O) groups excluding carboxylic acids is 1. The summed E-state index contributed by atoms with van der Waals surface area (Å²) in [6, 6.07) is 5.08. The molecule has 1 aromatic carbocycles. The predicted molar refractivity (Wildman–Crippen MR) is 68.1 cm³/mol. The second kappa shape index (κ2) is 4.52. The third-order valence-corrected chi connectivity index (χ3v) is 4.13. The van der Waals surface area contributed by atoms with Crippen LogP contribution in [0.25, 0.3) is 0 Å². The first-order chi connectivity index (χ1) is 8.63. The number of rotatable bonds is 2. The van der Waals surface area contributed by atoms with E-state index < -0.39 is 5.82 Å². The Kier molecular flexibility index (Phi) is 2.99. The van der Waals surface area contributed by atoms with Gasteiger partial charge in [-0.1, -0.05) is 11.6 Å². The summed E-state index contributed by atoms with van der Waals surface area (Å²) in [4.78, 5) is 12.1. The van der Waals surface area contributed by atoms with Gasteiger partial charge in [-0.3, -0.25) is 4.79 Å². The van der Waals surface area contributed by atoms with E-state index in [2.05, 4.69) is 10.6 Å². The molecule has 96 valence electrons. The summed E-state index contributed by atoms with van der Waals surface area (Å²) in [5.74, 6) is -0.542. The molecule has 2 N–H and O–H groups in total. The van der Waals surface area contributed by atoms with E-state index in [1.54, 1.807) is 6.07 Å². The van der Waals surface area contributed by atoms with Crippen molar-refractivity contribution in [2.75, 3.05) is 5.32 Å². The topological polar surface area (TPSA) is 41.1 Å². The van der Waals surface area contributed by atoms with Crippen LogP contribution in [0.4, 0.5) is 10.1 Å². The number of hydrogen-bond donors (Lipinski definition) is 2. The molecular weight excluding hydrogens is 255 g/mol. The molecule has 3 atom stereocenters. The standard InChI is InChI=1S/C13H14ClFN2O/c14-10-3-1-8(6-11(10)15)17-13(18)9-5-7-2-4-12(9)16-7/h1,3,6-7,9,12,16H,2,4-5H2,(H,17,18). The van der Waals surface area contributed by atoms with E-state index in [9.17, 15) is 9.18 Å². The molecule has 18 heavy (non-hydrogen) atoms. The van der Waals surface area contributed by atoms with Crippen molar-refractivity contribution < 1.29 is 9.18 Å². The lowest BCUT2D eigenvalue weighted by molar-refractivity contribution is -0.120. The van der Waals surface area contributed by atoms with Crippen molar-refractivity contribution in [3.05, 3.63) is 29.0 Å². The zero-order valence-corrected chi connectivity index (χ0v) is 10.5. The molecule has 0 aliphatic carbocycles. The maximum Gasteiger partial charge on any atom is 0.229 e. The van der Waals surface area contributed by atoms with Crippen LogP contribution >= 0.6 is 11.6 Å². The van der Waals surface area contributed by atoms with Crippen molar-refractivity contribution in [1.29, 1.82) is 0 Å². The number of benzene rings is 1. The first-order valence-electron chi connectivity index (χ1n) is 6.15. The molecule has 2 saturated heterocycles. The quantitative estimate of drug-likeness (QED) is 0.866. The molecule has 0 spiro atoms. The highest BCUT2D eigenvalue weighted by Gasteiger charge is 2.42. The number of halogens is 2. The van der Waals surface area contributed by atoms with Crippen molar-refractivity contribution >= 4 is 23.2 Å². The molecule has 5 heteroatoms. The van der Waals surface area contributed by atoms with Gasteiger partial charge >= 0.3 is 0 Å². The van der Waals surface area contributed by atoms with Crippen molar-refractivity contribution in [2.24, 2.45) is 5.92 Å². The first kappa shape index (κ1) is 11.9. The van der Waals surface area contributed by atoms with Crippen LogP contribution < -0.4 is 10.6 Å². The maximum absolute atomic E-state index is 13.3. The molecule has 0 radical (unpaired) electrons. The number of amides is 1. The Balaban J connectivity index is 1.69. The van der Waals surface area contributed by atoms with Gasteiger partial charge in [0.25, 0.3) is 0 Å². The molecule has 2 bridgehead atoms. The number of nitrogens with one attached hydrogen (secondary N) is 2. The minimum Gasteiger partial charge on any atom is -0.326 e. The minimum absolute atomic E-state index is 0.00230. The molecule has 3 rings (SSSR count). The molecule has 3 nitrogen and oxygen atoms in total. The Bertz CT molecular complexity index is 494. The van der Waals surface area contributed by atoms with Crippen LogP contribution in [0.3, 0.4) is 0 Å². The SMILES string of the molecule is O=C(Nc1ccc(Cl)c(F)c1)C1CC2CCC1N2. The van der Waals surface area contributed by atoms with Crippen molar-refractivity contribution in [2.45, 2.75) is 31.3 Å². The fraction of sp³-hybridized carbons (Fsp3) is 0.462. The zero-order valence-electron chi connectivity index (χ0n) is 9.75. The monoisotopic (exact) mass is 268 g/mol. The van der Waals surface area contributed by atoms with E-state index in [1.807, 2.05) is 0 Å². The molecule has 3 unspecified atom stereocenters. The third kappa shape index (κ3) is 2.10. The average molecular weight is 269 g/mol. The van der Waals surface area contributed by atoms with Crippen LogP contribution in [0.1, 0.15) is 19.3 Å². The van der Waals surface area contributed by atoms with Crippen LogP contribution in [0.2, 0.25) is 5.02 Å². The second-order valence-corrected chi connectivity index (χ2v) is 5.41. The average Bonchev–Trinajstić information content (AvgIpc) is 2.96. The van der Waals surface area contributed by atoms with Crippen molar-refractivity contribution in [3.8, 4) is 0 Å². The van der Waals surface area contributed by atoms with Gasteiger partial charge in [-0.05, 0) is 37.5 Å². The lowest BCUT2D eigenvalue weighted by atomic mass is 9.88. The number of fused-ring (bicyclic) bond motifs is 2. The lowest BCUT2D eigenvalue weighted by Crippen LogP contribution is -2.32. The Morgan fingerprint density at radius 2 is 2.28 bits per heavy atom. The summed E-state index contributed by atoms with van der Waals surface area (Å²) in [5.41, 5.74) is 0.463. The first-order valence-corrected chi connectivity index (χ1v) is 6.53. The number of carbonyl (C=O) groups is 1. The van der Waals surface area contributed by atoms with Gasteiger partial charge in [0.05, 0.1) is 10.9 Å². The van der Waals surface area contributed by atoms with E-state index >= 15 is 0 Å². The smallest absolute Gasteiger partial charge is 0.229 e. The molecule has 1 aromatic rings. The molecule has 2 heterocycles. The van der Waals surface area contributed by atoms with Gasteiger partial charge in [0, 0.05) is 17.8 Å². The van der Waals surface area contributed by atoms with Gasteiger partial charge in [-0.25, -0.2) is 4.39 Å². The minimum atomic E-state index is -0.513.